The van der Waals surface area contributed by atoms with Crippen molar-refractivity contribution in [3.63, 3.8) is 0 Å². The predicted octanol–water partition coefficient (Wildman–Crippen LogP) is 2.88. The van der Waals surface area contributed by atoms with Crippen LogP contribution in [-0.2, 0) is 11.2 Å². The zero-order valence-corrected chi connectivity index (χ0v) is 16.4. The average Bonchev–Trinajstić information content (AvgIpc) is 2.66. The Hall–Kier alpha value is -2.73. The molecule has 2 rings (SSSR count). The van der Waals surface area contributed by atoms with Crippen molar-refractivity contribution in [2.75, 3.05) is 21.3 Å². The molecule has 1 unspecified atom stereocenters. The summed E-state index contributed by atoms with van der Waals surface area (Å²) in [5.74, 6) is 1.63. The third-order valence-corrected chi connectivity index (χ3v) is 4.37. The fourth-order valence-electron chi connectivity index (χ4n) is 2.88. The number of carbonyl (C=O) groups is 1. The number of amides is 1. The van der Waals surface area contributed by atoms with Crippen LogP contribution in [0.25, 0.3) is 0 Å². The zero-order valence-electron chi connectivity index (χ0n) is 16.4. The van der Waals surface area contributed by atoms with Crippen molar-refractivity contribution < 1.29 is 24.1 Å². The Kier molecular flexibility index (Phi) is 6.69. The maximum atomic E-state index is 12.5. The Morgan fingerprint density at radius 3 is 2.37 bits per heavy atom. The number of nitrogens with one attached hydrogen (secondary N) is 1. The van der Waals surface area contributed by atoms with Crippen molar-refractivity contribution >= 4 is 5.91 Å². The van der Waals surface area contributed by atoms with Crippen LogP contribution in [0.3, 0.4) is 0 Å². The number of methoxy groups -OCH3 is 3. The van der Waals surface area contributed by atoms with Gasteiger partial charge in [-0.15, -0.1) is 0 Å². The summed E-state index contributed by atoms with van der Waals surface area (Å²) < 4.78 is 15.7. The number of benzene rings is 2. The van der Waals surface area contributed by atoms with Crippen molar-refractivity contribution in [3.05, 3.63) is 53.6 Å². The first-order valence-corrected chi connectivity index (χ1v) is 8.64. The van der Waals surface area contributed by atoms with E-state index in [0.29, 0.717) is 22.8 Å². The monoisotopic (exact) mass is 373 g/mol. The standard InChI is InChI=1S/C21H27NO5/c1-21(2,20(24)15-7-6-8-16(13-15)25-3)22-19(23)12-14-9-10-17(26-4)18(11-14)27-5/h6-11,13,20,24H,12H2,1-5H3,(H,22,23). The summed E-state index contributed by atoms with van der Waals surface area (Å²) in [5, 5.41) is 13.6. The van der Waals surface area contributed by atoms with Crippen molar-refractivity contribution in [1.29, 1.82) is 0 Å². The molecule has 6 heteroatoms. The number of rotatable bonds is 8. The van der Waals surface area contributed by atoms with Crippen LogP contribution in [0.4, 0.5) is 0 Å². The minimum Gasteiger partial charge on any atom is -0.497 e. The maximum Gasteiger partial charge on any atom is 0.224 e. The average molecular weight is 373 g/mol. The van der Waals surface area contributed by atoms with E-state index in [4.69, 9.17) is 14.2 Å². The summed E-state index contributed by atoms with van der Waals surface area (Å²) in [6.45, 7) is 3.56. The summed E-state index contributed by atoms with van der Waals surface area (Å²) in [5.41, 5.74) is 0.600. The fraction of sp³-hybridized carbons (Fsp3) is 0.381. The molecular formula is C21H27NO5. The molecule has 0 saturated heterocycles. The molecule has 0 aromatic heterocycles. The smallest absolute Gasteiger partial charge is 0.224 e. The van der Waals surface area contributed by atoms with Gasteiger partial charge >= 0.3 is 0 Å². The molecule has 0 bridgehead atoms. The molecular weight excluding hydrogens is 346 g/mol. The summed E-state index contributed by atoms with van der Waals surface area (Å²) in [4.78, 5) is 12.5. The third kappa shape index (κ3) is 5.14. The second-order valence-electron chi connectivity index (χ2n) is 6.82. The molecule has 0 radical (unpaired) electrons. The molecule has 0 heterocycles. The van der Waals surface area contributed by atoms with Crippen LogP contribution in [0, 0.1) is 0 Å². The van der Waals surface area contributed by atoms with Gasteiger partial charge in [-0.3, -0.25) is 4.79 Å². The first-order chi connectivity index (χ1) is 12.8. The highest BCUT2D eigenvalue weighted by Gasteiger charge is 2.31. The summed E-state index contributed by atoms with van der Waals surface area (Å²) in [6, 6.07) is 12.5. The Bertz CT molecular complexity index is 788. The molecule has 1 amide bonds. The Balaban J connectivity index is 2.09. The molecule has 146 valence electrons. The van der Waals surface area contributed by atoms with E-state index in [-0.39, 0.29) is 12.3 Å². The van der Waals surface area contributed by atoms with Gasteiger partial charge in [0.15, 0.2) is 11.5 Å². The van der Waals surface area contributed by atoms with Crippen molar-refractivity contribution in [2.24, 2.45) is 0 Å². The minimum atomic E-state index is -0.887. The molecule has 0 fully saturated rings. The van der Waals surface area contributed by atoms with Gasteiger partial charge in [-0.2, -0.15) is 0 Å². The highest BCUT2D eigenvalue weighted by molar-refractivity contribution is 5.79. The molecule has 27 heavy (non-hydrogen) atoms. The SMILES string of the molecule is COc1cccc(C(O)C(C)(C)NC(=O)Cc2ccc(OC)c(OC)c2)c1. The summed E-state index contributed by atoms with van der Waals surface area (Å²) in [7, 11) is 4.68. The molecule has 0 aliphatic heterocycles. The van der Waals surface area contributed by atoms with Gasteiger partial charge in [0.1, 0.15) is 11.9 Å². The van der Waals surface area contributed by atoms with Crippen LogP contribution in [0.2, 0.25) is 0 Å². The van der Waals surface area contributed by atoms with Gasteiger partial charge in [0.2, 0.25) is 5.91 Å². The van der Waals surface area contributed by atoms with Crippen LogP contribution in [0.5, 0.6) is 17.2 Å². The van der Waals surface area contributed by atoms with E-state index < -0.39 is 11.6 Å². The highest BCUT2D eigenvalue weighted by Crippen LogP contribution is 2.29. The second kappa shape index (κ2) is 8.77. The molecule has 2 N–H and O–H groups in total. The van der Waals surface area contributed by atoms with E-state index in [2.05, 4.69) is 5.32 Å². The maximum absolute atomic E-state index is 12.5. The van der Waals surface area contributed by atoms with Gasteiger partial charge in [0, 0.05) is 0 Å². The number of hydrogen-bond donors (Lipinski definition) is 2. The van der Waals surface area contributed by atoms with Gasteiger partial charge < -0.3 is 24.6 Å². The van der Waals surface area contributed by atoms with Gasteiger partial charge in [0.05, 0.1) is 33.3 Å². The first kappa shape index (κ1) is 20.6. The normalized spacial score (nSPS) is 12.2. The molecule has 6 nitrogen and oxygen atoms in total. The van der Waals surface area contributed by atoms with Gasteiger partial charge in [-0.25, -0.2) is 0 Å². The van der Waals surface area contributed by atoms with E-state index >= 15 is 0 Å². The van der Waals surface area contributed by atoms with Crippen molar-refractivity contribution in [1.82, 2.24) is 5.32 Å². The molecule has 1 atom stereocenters. The van der Waals surface area contributed by atoms with Gasteiger partial charge in [-0.05, 0) is 49.2 Å². The fourth-order valence-corrected chi connectivity index (χ4v) is 2.88. The molecule has 0 aliphatic rings. The van der Waals surface area contributed by atoms with Crippen LogP contribution in [-0.4, -0.2) is 37.9 Å². The van der Waals surface area contributed by atoms with Crippen LogP contribution in [0.1, 0.15) is 31.1 Å². The number of hydrogen-bond acceptors (Lipinski definition) is 5. The van der Waals surface area contributed by atoms with Gasteiger partial charge in [0.25, 0.3) is 0 Å². The lowest BCUT2D eigenvalue weighted by atomic mass is 9.90. The minimum absolute atomic E-state index is 0.161. The van der Waals surface area contributed by atoms with E-state index in [0.717, 1.165) is 5.56 Å². The van der Waals surface area contributed by atoms with E-state index in [1.165, 1.54) is 0 Å². The molecule has 2 aromatic rings. The molecule has 0 saturated carbocycles. The lowest BCUT2D eigenvalue weighted by Gasteiger charge is -2.32. The van der Waals surface area contributed by atoms with Crippen LogP contribution >= 0.6 is 0 Å². The third-order valence-electron chi connectivity index (χ3n) is 4.37. The lowest BCUT2D eigenvalue weighted by Crippen LogP contribution is -2.48. The Morgan fingerprint density at radius 1 is 1.04 bits per heavy atom. The molecule has 2 aromatic carbocycles. The summed E-state index contributed by atoms with van der Waals surface area (Å²) >= 11 is 0. The topological polar surface area (TPSA) is 77.0 Å². The second-order valence-corrected chi connectivity index (χ2v) is 6.82. The molecule has 0 spiro atoms. The van der Waals surface area contributed by atoms with Crippen molar-refractivity contribution in [3.8, 4) is 17.2 Å². The van der Waals surface area contributed by atoms with Crippen LogP contribution < -0.4 is 19.5 Å². The first-order valence-electron chi connectivity index (χ1n) is 8.64. The Labute approximate surface area is 160 Å². The largest absolute Gasteiger partial charge is 0.497 e. The summed E-state index contributed by atoms with van der Waals surface area (Å²) in [6.07, 6.45) is -0.726. The number of carbonyl (C=O) groups excluding carboxylic acids is 1. The van der Waals surface area contributed by atoms with E-state index in [9.17, 15) is 9.90 Å². The highest BCUT2D eigenvalue weighted by atomic mass is 16.5. The van der Waals surface area contributed by atoms with E-state index in [1.54, 1.807) is 71.6 Å². The number of aliphatic hydroxyl groups is 1. The van der Waals surface area contributed by atoms with Crippen LogP contribution in [0.15, 0.2) is 42.5 Å². The van der Waals surface area contributed by atoms with E-state index in [1.807, 2.05) is 6.07 Å². The molecule has 0 aliphatic carbocycles. The Morgan fingerprint density at radius 2 is 1.74 bits per heavy atom. The predicted molar refractivity (Wildman–Crippen MR) is 103 cm³/mol. The number of ether oxygens (including phenoxy) is 3. The lowest BCUT2D eigenvalue weighted by molar-refractivity contribution is -0.123. The quantitative estimate of drug-likeness (QED) is 0.744. The van der Waals surface area contributed by atoms with Crippen molar-refractivity contribution in [2.45, 2.75) is 31.9 Å². The number of aliphatic hydroxyl groups excluding tert-OH is 1. The zero-order chi connectivity index (χ0) is 20.0. The van der Waals surface area contributed by atoms with Gasteiger partial charge in [-0.1, -0.05) is 18.2 Å².